The summed E-state index contributed by atoms with van der Waals surface area (Å²) >= 11 is 0. The fourth-order valence-electron chi connectivity index (χ4n) is 0.864. The molecule has 0 bridgehead atoms. The van der Waals surface area contributed by atoms with Crippen LogP contribution >= 0.6 is 0 Å². The number of carbonyl (C=O) groups excluding carboxylic acids is 2. The predicted molar refractivity (Wildman–Crippen MR) is 50.7 cm³/mol. The van der Waals surface area contributed by atoms with Crippen molar-refractivity contribution in [1.29, 1.82) is 0 Å². The molecule has 0 unspecified atom stereocenters. The van der Waals surface area contributed by atoms with E-state index >= 15 is 0 Å². The van der Waals surface area contributed by atoms with Crippen LogP contribution in [-0.4, -0.2) is 24.3 Å². The van der Waals surface area contributed by atoms with E-state index in [-0.39, 0.29) is 0 Å². The van der Waals surface area contributed by atoms with Crippen molar-refractivity contribution in [2.24, 2.45) is 0 Å². The van der Waals surface area contributed by atoms with Crippen molar-refractivity contribution in [1.82, 2.24) is 4.98 Å². The molecule has 0 saturated carbocycles. The van der Waals surface area contributed by atoms with Crippen molar-refractivity contribution in [3.63, 3.8) is 0 Å². The maximum absolute atomic E-state index is 10.7. The fraction of sp³-hybridized carbons (Fsp3) is 0.100. The number of aromatic nitrogens is 1. The van der Waals surface area contributed by atoms with Gasteiger partial charge in [-0.15, -0.1) is 0 Å². The molecule has 4 nitrogen and oxygen atoms in total. The Morgan fingerprint density at radius 1 is 1.43 bits per heavy atom. The summed E-state index contributed by atoms with van der Waals surface area (Å²) in [5.74, 6) is -0.443. The normalized spacial score (nSPS) is 10.1. The van der Waals surface area contributed by atoms with Gasteiger partial charge in [-0.3, -0.25) is 9.78 Å². The van der Waals surface area contributed by atoms with E-state index in [1.807, 2.05) is 0 Å². The quantitative estimate of drug-likeness (QED) is 0.407. The lowest BCUT2D eigenvalue weighted by Gasteiger charge is -1.93. The van der Waals surface area contributed by atoms with Crippen LogP contribution in [0.3, 0.4) is 0 Å². The predicted octanol–water partition coefficient (Wildman–Crippen LogP) is 1.08. The number of pyridine rings is 1. The fourth-order valence-corrected chi connectivity index (χ4v) is 0.864. The smallest absolute Gasteiger partial charge is 0.330 e. The van der Waals surface area contributed by atoms with Crippen LogP contribution in [0.15, 0.2) is 24.5 Å². The Bertz CT molecular complexity index is 371. The first-order valence-electron chi connectivity index (χ1n) is 3.92. The Kier molecular flexibility index (Phi) is 3.55. The van der Waals surface area contributed by atoms with Crippen molar-refractivity contribution in [2.75, 3.05) is 7.11 Å². The standard InChI is InChI=1S/C10H9NO3/c1-14-10(13)3-2-8-4-9(7-12)6-11-5-8/h2-7H,1H3. The van der Waals surface area contributed by atoms with Crippen LogP contribution in [0.5, 0.6) is 0 Å². The SMILES string of the molecule is COC(=O)C=Cc1cncc(C=O)c1. The molecule has 1 rings (SSSR count). The van der Waals surface area contributed by atoms with Crippen LogP contribution < -0.4 is 0 Å². The summed E-state index contributed by atoms with van der Waals surface area (Å²) in [4.78, 5) is 25.0. The monoisotopic (exact) mass is 191 g/mol. The maximum atomic E-state index is 10.7. The van der Waals surface area contributed by atoms with Gasteiger partial charge in [0.1, 0.15) is 0 Å². The van der Waals surface area contributed by atoms with Gasteiger partial charge in [-0.2, -0.15) is 0 Å². The molecule has 0 fully saturated rings. The Balaban J connectivity index is 2.81. The van der Waals surface area contributed by atoms with E-state index in [0.29, 0.717) is 17.4 Å². The topological polar surface area (TPSA) is 56.3 Å². The number of hydrogen-bond acceptors (Lipinski definition) is 4. The molecule has 4 heteroatoms. The number of ether oxygens (including phenoxy) is 1. The minimum atomic E-state index is -0.443. The van der Waals surface area contributed by atoms with Gasteiger partial charge < -0.3 is 4.74 Å². The molecule has 0 aliphatic heterocycles. The van der Waals surface area contributed by atoms with Gasteiger partial charge in [0, 0.05) is 24.0 Å². The largest absolute Gasteiger partial charge is 0.466 e. The van der Waals surface area contributed by atoms with Crippen LogP contribution in [-0.2, 0) is 9.53 Å². The first-order chi connectivity index (χ1) is 6.76. The molecule has 0 spiro atoms. The molecule has 0 aromatic carbocycles. The first-order valence-corrected chi connectivity index (χ1v) is 3.92. The Morgan fingerprint density at radius 3 is 2.79 bits per heavy atom. The lowest BCUT2D eigenvalue weighted by atomic mass is 10.2. The van der Waals surface area contributed by atoms with Crippen molar-refractivity contribution in [3.05, 3.63) is 35.7 Å². The summed E-state index contributed by atoms with van der Waals surface area (Å²) in [5.41, 5.74) is 1.15. The molecule has 0 saturated heterocycles. The minimum absolute atomic E-state index is 0.443. The summed E-state index contributed by atoms with van der Waals surface area (Å²) in [7, 11) is 1.30. The van der Waals surface area contributed by atoms with E-state index in [9.17, 15) is 9.59 Å². The third kappa shape index (κ3) is 2.82. The molecule has 14 heavy (non-hydrogen) atoms. The molecule has 1 aromatic heterocycles. The summed E-state index contributed by atoms with van der Waals surface area (Å²) in [6.45, 7) is 0. The van der Waals surface area contributed by atoms with Crippen molar-refractivity contribution in [2.45, 2.75) is 0 Å². The molecule has 72 valence electrons. The molecule has 0 radical (unpaired) electrons. The van der Waals surface area contributed by atoms with Gasteiger partial charge in [0.2, 0.25) is 0 Å². The third-order valence-corrected chi connectivity index (χ3v) is 1.53. The summed E-state index contributed by atoms with van der Waals surface area (Å²) in [6.07, 6.45) is 6.49. The Morgan fingerprint density at radius 2 is 2.14 bits per heavy atom. The number of rotatable bonds is 3. The van der Waals surface area contributed by atoms with Gasteiger partial charge >= 0.3 is 5.97 Å². The van der Waals surface area contributed by atoms with Gasteiger partial charge in [-0.25, -0.2) is 4.79 Å². The van der Waals surface area contributed by atoms with Crippen LogP contribution in [0.25, 0.3) is 6.08 Å². The molecule has 1 heterocycles. The highest BCUT2D eigenvalue weighted by Crippen LogP contribution is 2.02. The number of hydrogen-bond donors (Lipinski definition) is 0. The van der Waals surface area contributed by atoms with Crippen molar-refractivity contribution in [3.8, 4) is 0 Å². The van der Waals surface area contributed by atoms with E-state index in [4.69, 9.17) is 0 Å². The highest BCUT2D eigenvalue weighted by molar-refractivity contribution is 5.87. The van der Waals surface area contributed by atoms with Gasteiger partial charge in [-0.05, 0) is 17.7 Å². The average Bonchev–Trinajstić information content (AvgIpc) is 2.26. The minimum Gasteiger partial charge on any atom is -0.466 e. The van der Waals surface area contributed by atoms with E-state index in [1.165, 1.54) is 25.5 Å². The van der Waals surface area contributed by atoms with Crippen LogP contribution in [0, 0.1) is 0 Å². The summed E-state index contributed by atoms with van der Waals surface area (Å²) in [6, 6.07) is 1.62. The van der Waals surface area contributed by atoms with Crippen LogP contribution in [0.4, 0.5) is 0 Å². The lowest BCUT2D eigenvalue weighted by molar-refractivity contribution is -0.134. The highest BCUT2D eigenvalue weighted by Gasteiger charge is 1.94. The Labute approximate surface area is 81.2 Å². The van der Waals surface area contributed by atoms with Gasteiger partial charge in [0.05, 0.1) is 7.11 Å². The molecule has 1 aromatic rings. The average molecular weight is 191 g/mol. The van der Waals surface area contributed by atoms with Crippen LogP contribution in [0.1, 0.15) is 15.9 Å². The van der Waals surface area contributed by atoms with E-state index in [2.05, 4.69) is 9.72 Å². The zero-order chi connectivity index (χ0) is 10.4. The second-order valence-electron chi connectivity index (χ2n) is 2.53. The highest BCUT2D eigenvalue weighted by atomic mass is 16.5. The molecule has 0 N–H and O–H groups in total. The van der Waals surface area contributed by atoms with Gasteiger partial charge in [0.15, 0.2) is 6.29 Å². The first kappa shape index (κ1) is 10.1. The molecule has 0 aliphatic carbocycles. The number of esters is 1. The third-order valence-electron chi connectivity index (χ3n) is 1.53. The molecule has 0 aliphatic rings. The zero-order valence-electron chi connectivity index (χ0n) is 7.64. The summed E-state index contributed by atoms with van der Waals surface area (Å²) in [5, 5.41) is 0. The van der Waals surface area contributed by atoms with E-state index in [1.54, 1.807) is 12.3 Å². The maximum Gasteiger partial charge on any atom is 0.330 e. The van der Waals surface area contributed by atoms with Gasteiger partial charge in [0.25, 0.3) is 0 Å². The Hall–Kier alpha value is -1.97. The van der Waals surface area contributed by atoms with Crippen molar-refractivity contribution >= 4 is 18.3 Å². The van der Waals surface area contributed by atoms with Gasteiger partial charge in [-0.1, -0.05) is 0 Å². The molecule has 0 amide bonds. The second kappa shape index (κ2) is 4.91. The molecular weight excluding hydrogens is 182 g/mol. The molecule has 0 atom stereocenters. The number of methoxy groups -OCH3 is 1. The summed E-state index contributed by atoms with van der Waals surface area (Å²) < 4.78 is 4.41. The van der Waals surface area contributed by atoms with E-state index < -0.39 is 5.97 Å². The number of nitrogens with zero attached hydrogens (tertiary/aromatic N) is 1. The van der Waals surface area contributed by atoms with E-state index in [0.717, 1.165) is 0 Å². The van der Waals surface area contributed by atoms with Crippen LogP contribution in [0.2, 0.25) is 0 Å². The zero-order valence-corrected chi connectivity index (χ0v) is 7.64. The lowest BCUT2D eigenvalue weighted by Crippen LogP contribution is -1.93. The number of carbonyl (C=O) groups is 2. The second-order valence-corrected chi connectivity index (χ2v) is 2.53. The molecular formula is C10H9NO3. The van der Waals surface area contributed by atoms with Crippen molar-refractivity contribution < 1.29 is 14.3 Å². The number of aldehydes is 1.